The molecule has 1 saturated heterocycles. The van der Waals surface area contributed by atoms with Crippen LogP contribution in [-0.2, 0) is 0 Å². The van der Waals surface area contributed by atoms with E-state index in [9.17, 15) is 9.18 Å². The molecular formula is C16H23FN2O. The SMILES string of the molecule is CC(C)(C)C1CCCN(C(=O)c2cccnc2F)CC1. The van der Waals surface area contributed by atoms with Gasteiger partial charge >= 0.3 is 0 Å². The van der Waals surface area contributed by atoms with Crippen molar-refractivity contribution in [3.63, 3.8) is 0 Å². The first-order valence-electron chi connectivity index (χ1n) is 7.29. The van der Waals surface area contributed by atoms with E-state index in [2.05, 4.69) is 25.8 Å². The minimum atomic E-state index is -0.672. The Morgan fingerprint density at radius 1 is 1.35 bits per heavy atom. The van der Waals surface area contributed by atoms with Gasteiger partial charge in [-0.15, -0.1) is 0 Å². The number of hydrogen-bond donors (Lipinski definition) is 0. The summed E-state index contributed by atoms with van der Waals surface area (Å²) in [4.78, 5) is 17.7. The quantitative estimate of drug-likeness (QED) is 0.736. The molecule has 110 valence electrons. The summed E-state index contributed by atoms with van der Waals surface area (Å²) in [5.74, 6) is -0.293. The van der Waals surface area contributed by atoms with Crippen molar-refractivity contribution in [2.24, 2.45) is 11.3 Å². The van der Waals surface area contributed by atoms with Crippen LogP contribution in [0.3, 0.4) is 0 Å². The van der Waals surface area contributed by atoms with Gasteiger partial charge in [-0.3, -0.25) is 4.79 Å². The molecule has 4 heteroatoms. The van der Waals surface area contributed by atoms with Crippen LogP contribution in [0.4, 0.5) is 4.39 Å². The highest BCUT2D eigenvalue weighted by molar-refractivity contribution is 5.94. The maximum Gasteiger partial charge on any atom is 0.258 e. The summed E-state index contributed by atoms with van der Waals surface area (Å²) >= 11 is 0. The molecule has 1 atom stereocenters. The van der Waals surface area contributed by atoms with Gasteiger partial charge in [0.25, 0.3) is 5.91 Å². The Hall–Kier alpha value is -1.45. The van der Waals surface area contributed by atoms with Gasteiger partial charge in [0, 0.05) is 19.3 Å². The lowest BCUT2D eigenvalue weighted by Crippen LogP contribution is -2.33. The number of pyridine rings is 1. The summed E-state index contributed by atoms with van der Waals surface area (Å²) < 4.78 is 13.6. The largest absolute Gasteiger partial charge is 0.338 e. The Bertz CT molecular complexity index is 482. The fourth-order valence-electron chi connectivity index (χ4n) is 2.88. The van der Waals surface area contributed by atoms with E-state index in [-0.39, 0.29) is 16.9 Å². The van der Waals surface area contributed by atoms with Crippen molar-refractivity contribution in [2.45, 2.75) is 40.0 Å². The predicted molar refractivity (Wildman–Crippen MR) is 76.9 cm³/mol. The predicted octanol–water partition coefficient (Wildman–Crippen LogP) is 3.51. The third-order valence-corrected chi connectivity index (χ3v) is 4.23. The zero-order valence-electron chi connectivity index (χ0n) is 12.5. The van der Waals surface area contributed by atoms with Gasteiger partial charge in [-0.2, -0.15) is 4.39 Å². The number of halogens is 1. The molecule has 20 heavy (non-hydrogen) atoms. The third kappa shape index (κ3) is 3.35. The van der Waals surface area contributed by atoms with E-state index >= 15 is 0 Å². The fraction of sp³-hybridized carbons (Fsp3) is 0.625. The lowest BCUT2D eigenvalue weighted by Gasteiger charge is -2.29. The number of likely N-dealkylation sites (tertiary alicyclic amines) is 1. The van der Waals surface area contributed by atoms with E-state index in [0.29, 0.717) is 19.0 Å². The van der Waals surface area contributed by atoms with Crippen LogP contribution in [0.1, 0.15) is 50.4 Å². The van der Waals surface area contributed by atoms with Crippen molar-refractivity contribution >= 4 is 5.91 Å². The van der Waals surface area contributed by atoms with Crippen molar-refractivity contribution in [2.75, 3.05) is 13.1 Å². The van der Waals surface area contributed by atoms with Crippen LogP contribution in [0.5, 0.6) is 0 Å². The second-order valence-electron chi connectivity index (χ2n) is 6.63. The number of aromatic nitrogens is 1. The van der Waals surface area contributed by atoms with E-state index in [0.717, 1.165) is 19.3 Å². The van der Waals surface area contributed by atoms with E-state index in [1.165, 1.54) is 12.3 Å². The molecule has 0 spiro atoms. The molecule has 3 nitrogen and oxygen atoms in total. The van der Waals surface area contributed by atoms with Crippen LogP contribution in [-0.4, -0.2) is 28.9 Å². The van der Waals surface area contributed by atoms with E-state index in [1.54, 1.807) is 11.0 Å². The van der Waals surface area contributed by atoms with Crippen molar-refractivity contribution in [3.8, 4) is 0 Å². The minimum absolute atomic E-state index is 0.0849. The fourth-order valence-corrected chi connectivity index (χ4v) is 2.88. The minimum Gasteiger partial charge on any atom is -0.338 e. The van der Waals surface area contributed by atoms with Crippen LogP contribution in [0, 0.1) is 17.3 Å². The summed E-state index contributed by atoms with van der Waals surface area (Å²) in [6.45, 7) is 8.15. The number of carbonyl (C=O) groups excluding carboxylic acids is 1. The van der Waals surface area contributed by atoms with Crippen LogP contribution in [0.15, 0.2) is 18.3 Å². The number of nitrogens with zero attached hydrogens (tertiary/aromatic N) is 2. The smallest absolute Gasteiger partial charge is 0.258 e. The van der Waals surface area contributed by atoms with Gasteiger partial charge in [0.1, 0.15) is 0 Å². The Kier molecular flexibility index (Phi) is 4.41. The molecule has 1 aromatic heterocycles. The van der Waals surface area contributed by atoms with Gasteiger partial charge in [0.2, 0.25) is 5.95 Å². The Morgan fingerprint density at radius 2 is 2.10 bits per heavy atom. The maximum absolute atomic E-state index is 13.6. The summed E-state index contributed by atoms with van der Waals surface area (Å²) in [5.41, 5.74) is 0.347. The molecule has 1 aliphatic rings. The molecule has 0 aliphatic carbocycles. The van der Waals surface area contributed by atoms with Crippen molar-refractivity contribution < 1.29 is 9.18 Å². The zero-order chi connectivity index (χ0) is 14.8. The lowest BCUT2D eigenvalue weighted by molar-refractivity contribution is 0.0750. The second-order valence-corrected chi connectivity index (χ2v) is 6.63. The molecule has 0 saturated carbocycles. The molecule has 0 radical (unpaired) electrons. The van der Waals surface area contributed by atoms with Crippen molar-refractivity contribution in [3.05, 3.63) is 29.8 Å². The van der Waals surface area contributed by atoms with Crippen LogP contribution in [0.25, 0.3) is 0 Å². The van der Waals surface area contributed by atoms with E-state index < -0.39 is 5.95 Å². The molecule has 0 bridgehead atoms. The first-order chi connectivity index (χ1) is 9.39. The van der Waals surface area contributed by atoms with Crippen molar-refractivity contribution in [1.29, 1.82) is 0 Å². The van der Waals surface area contributed by atoms with E-state index in [1.807, 2.05) is 0 Å². The average Bonchev–Trinajstić information content (AvgIpc) is 2.63. The Labute approximate surface area is 120 Å². The van der Waals surface area contributed by atoms with Gasteiger partial charge in [-0.05, 0) is 42.7 Å². The number of carbonyl (C=O) groups is 1. The molecule has 2 heterocycles. The van der Waals surface area contributed by atoms with Gasteiger partial charge < -0.3 is 4.90 Å². The first-order valence-corrected chi connectivity index (χ1v) is 7.29. The Morgan fingerprint density at radius 3 is 2.75 bits per heavy atom. The van der Waals surface area contributed by atoms with Crippen LogP contribution < -0.4 is 0 Å². The molecule has 0 aromatic carbocycles. The Balaban J connectivity index is 2.08. The summed E-state index contributed by atoms with van der Waals surface area (Å²) in [5, 5.41) is 0. The standard InChI is InChI=1S/C16H23FN2O/c1-16(2,3)12-6-5-10-19(11-8-12)15(20)13-7-4-9-18-14(13)17/h4,7,9,12H,5-6,8,10-11H2,1-3H3. The average molecular weight is 278 g/mol. The van der Waals surface area contributed by atoms with Gasteiger partial charge in [0.15, 0.2) is 0 Å². The summed E-state index contributed by atoms with van der Waals surface area (Å²) in [6, 6.07) is 3.11. The molecule has 1 amide bonds. The molecule has 1 aliphatic heterocycles. The van der Waals surface area contributed by atoms with Gasteiger partial charge in [-0.1, -0.05) is 20.8 Å². The molecule has 2 rings (SSSR count). The van der Waals surface area contributed by atoms with Crippen molar-refractivity contribution in [1.82, 2.24) is 9.88 Å². The molecule has 1 unspecified atom stereocenters. The van der Waals surface area contributed by atoms with E-state index in [4.69, 9.17) is 0 Å². The molecular weight excluding hydrogens is 255 g/mol. The highest BCUT2D eigenvalue weighted by atomic mass is 19.1. The topological polar surface area (TPSA) is 33.2 Å². The third-order valence-electron chi connectivity index (χ3n) is 4.23. The lowest BCUT2D eigenvalue weighted by atomic mass is 9.77. The van der Waals surface area contributed by atoms with Gasteiger partial charge in [0.05, 0.1) is 5.56 Å². The monoisotopic (exact) mass is 278 g/mol. The van der Waals surface area contributed by atoms with Crippen LogP contribution >= 0.6 is 0 Å². The summed E-state index contributed by atoms with van der Waals surface area (Å²) in [6.07, 6.45) is 4.46. The summed E-state index contributed by atoms with van der Waals surface area (Å²) in [7, 11) is 0. The number of rotatable bonds is 1. The molecule has 1 fully saturated rings. The zero-order valence-corrected chi connectivity index (χ0v) is 12.5. The number of amides is 1. The normalized spacial score (nSPS) is 20.6. The highest BCUT2D eigenvalue weighted by Crippen LogP contribution is 2.34. The highest BCUT2D eigenvalue weighted by Gasteiger charge is 2.29. The second kappa shape index (κ2) is 5.90. The van der Waals surface area contributed by atoms with Crippen LogP contribution in [0.2, 0.25) is 0 Å². The first kappa shape index (κ1) is 14.9. The number of hydrogen-bond acceptors (Lipinski definition) is 2. The van der Waals surface area contributed by atoms with Gasteiger partial charge in [-0.25, -0.2) is 4.98 Å². The molecule has 0 N–H and O–H groups in total. The molecule has 1 aromatic rings. The maximum atomic E-state index is 13.6.